The van der Waals surface area contributed by atoms with Crippen molar-refractivity contribution in [2.24, 2.45) is 0 Å². The molecule has 0 saturated heterocycles. The van der Waals surface area contributed by atoms with Crippen LogP contribution >= 0.6 is 15.9 Å². The molecule has 0 aliphatic rings. The van der Waals surface area contributed by atoms with E-state index in [0.29, 0.717) is 4.47 Å². The van der Waals surface area contributed by atoms with Crippen molar-refractivity contribution < 1.29 is 9.18 Å². The Labute approximate surface area is 96.0 Å². The Balaban J connectivity index is 2.92. The van der Waals surface area contributed by atoms with Gasteiger partial charge in [-0.1, -0.05) is 21.9 Å². The van der Waals surface area contributed by atoms with Gasteiger partial charge in [-0.05, 0) is 25.1 Å². The van der Waals surface area contributed by atoms with Crippen molar-refractivity contribution in [3.05, 3.63) is 34.1 Å². The Morgan fingerprint density at radius 2 is 2.33 bits per heavy atom. The minimum atomic E-state index is -0.570. The van der Waals surface area contributed by atoms with Gasteiger partial charge in [-0.15, -0.1) is 6.42 Å². The van der Waals surface area contributed by atoms with Crippen molar-refractivity contribution in [1.29, 1.82) is 0 Å². The van der Waals surface area contributed by atoms with Gasteiger partial charge in [-0.25, -0.2) is 4.39 Å². The SMILES string of the molecule is C#CC(C)NC(=O)c1cc(Br)ccc1F. The number of halogens is 2. The molecule has 0 saturated carbocycles. The van der Waals surface area contributed by atoms with E-state index in [2.05, 4.69) is 27.2 Å². The fourth-order valence-corrected chi connectivity index (χ4v) is 1.35. The highest BCUT2D eigenvalue weighted by atomic mass is 79.9. The van der Waals surface area contributed by atoms with Crippen LogP contribution in [0, 0.1) is 18.2 Å². The first-order valence-electron chi connectivity index (χ1n) is 4.26. The number of hydrogen-bond acceptors (Lipinski definition) is 1. The Kier molecular flexibility index (Phi) is 3.87. The monoisotopic (exact) mass is 269 g/mol. The Morgan fingerprint density at radius 1 is 1.67 bits per heavy atom. The second-order valence-corrected chi connectivity index (χ2v) is 3.90. The van der Waals surface area contributed by atoms with Crippen LogP contribution < -0.4 is 5.32 Å². The molecule has 0 heterocycles. The van der Waals surface area contributed by atoms with Gasteiger partial charge in [0.2, 0.25) is 0 Å². The maximum absolute atomic E-state index is 13.2. The van der Waals surface area contributed by atoms with E-state index < -0.39 is 17.8 Å². The van der Waals surface area contributed by atoms with E-state index in [1.807, 2.05) is 0 Å². The molecule has 0 bridgehead atoms. The molecule has 1 amide bonds. The lowest BCUT2D eigenvalue weighted by atomic mass is 10.2. The molecule has 0 spiro atoms. The normalized spacial score (nSPS) is 11.6. The van der Waals surface area contributed by atoms with E-state index in [1.165, 1.54) is 18.2 Å². The van der Waals surface area contributed by atoms with E-state index in [1.54, 1.807) is 6.92 Å². The quantitative estimate of drug-likeness (QED) is 0.821. The highest BCUT2D eigenvalue weighted by molar-refractivity contribution is 9.10. The Bertz CT molecular complexity index is 425. The van der Waals surface area contributed by atoms with E-state index in [0.717, 1.165) is 0 Å². The maximum Gasteiger partial charge on any atom is 0.255 e. The summed E-state index contributed by atoms with van der Waals surface area (Å²) >= 11 is 3.16. The standard InChI is InChI=1S/C11H9BrFNO/c1-3-7(2)14-11(15)9-6-8(12)4-5-10(9)13/h1,4-7H,2H3,(H,14,15). The molecule has 1 unspecified atom stereocenters. The molecule has 0 aromatic heterocycles. The molecule has 1 N–H and O–H groups in total. The second kappa shape index (κ2) is 4.94. The third-order valence-corrected chi connectivity index (χ3v) is 2.26. The average molecular weight is 270 g/mol. The first-order chi connectivity index (χ1) is 7.04. The maximum atomic E-state index is 13.2. The van der Waals surface area contributed by atoms with Gasteiger partial charge >= 0.3 is 0 Å². The van der Waals surface area contributed by atoms with Crippen molar-refractivity contribution >= 4 is 21.8 Å². The minimum Gasteiger partial charge on any atom is -0.339 e. The fourth-order valence-electron chi connectivity index (χ4n) is 0.988. The van der Waals surface area contributed by atoms with Crippen LogP contribution in [0.2, 0.25) is 0 Å². The number of hydrogen-bond donors (Lipinski definition) is 1. The molecular formula is C11H9BrFNO. The van der Waals surface area contributed by atoms with Crippen LogP contribution in [0.4, 0.5) is 4.39 Å². The molecule has 0 radical (unpaired) electrons. The smallest absolute Gasteiger partial charge is 0.255 e. The number of amides is 1. The zero-order chi connectivity index (χ0) is 11.4. The summed E-state index contributed by atoms with van der Waals surface area (Å²) in [6.45, 7) is 1.65. The van der Waals surface area contributed by atoms with E-state index in [9.17, 15) is 9.18 Å². The molecule has 1 atom stereocenters. The first kappa shape index (κ1) is 11.7. The molecule has 78 valence electrons. The second-order valence-electron chi connectivity index (χ2n) is 2.99. The molecule has 1 aromatic carbocycles. The Hall–Kier alpha value is -1.34. The van der Waals surface area contributed by atoms with Crippen LogP contribution in [0.25, 0.3) is 0 Å². The third kappa shape index (κ3) is 3.07. The van der Waals surface area contributed by atoms with Gasteiger partial charge < -0.3 is 5.32 Å². The molecular weight excluding hydrogens is 261 g/mol. The van der Waals surface area contributed by atoms with Gasteiger partial charge in [0.05, 0.1) is 11.6 Å². The number of carbonyl (C=O) groups excluding carboxylic acids is 1. The number of nitrogens with one attached hydrogen (secondary N) is 1. The molecule has 0 aliphatic carbocycles. The van der Waals surface area contributed by atoms with Crippen LogP contribution in [0.15, 0.2) is 22.7 Å². The predicted octanol–water partition coefficient (Wildman–Crippen LogP) is 2.34. The zero-order valence-corrected chi connectivity index (χ0v) is 9.64. The molecule has 0 aliphatic heterocycles. The summed E-state index contributed by atoms with van der Waals surface area (Å²) in [6, 6.07) is 3.74. The largest absolute Gasteiger partial charge is 0.339 e. The highest BCUT2D eigenvalue weighted by Crippen LogP contribution is 2.15. The van der Waals surface area contributed by atoms with Crippen molar-refractivity contribution in [3.63, 3.8) is 0 Å². The van der Waals surface area contributed by atoms with E-state index in [4.69, 9.17) is 6.42 Å². The Morgan fingerprint density at radius 3 is 2.93 bits per heavy atom. The predicted molar refractivity (Wildman–Crippen MR) is 59.9 cm³/mol. The van der Waals surface area contributed by atoms with E-state index in [-0.39, 0.29) is 5.56 Å². The summed E-state index contributed by atoms with van der Waals surface area (Å²) in [6.07, 6.45) is 5.10. The first-order valence-corrected chi connectivity index (χ1v) is 5.06. The lowest BCUT2D eigenvalue weighted by molar-refractivity contribution is 0.0944. The van der Waals surface area contributed by atoms with E-state index >= 15 is 0 Å². The van der Waals surface area contributed by atoms with Gasteiger partial charge in [-0.3, -0.25) is 4.79 Å². The van der Waals surface area contributed by atoms with Gasteiger partial charge in [0.25, 0.3) is 5.91 Å². The molecule has 0 fully saturated rings. The van der Waals surface area contributed by atoms with Gasteiger partial charge in [0.1, 0.15) is 5.82 Å². The van der Waals surface area contributed by atoms with Crippen LogP contribution in [0.5, 0.6) is 0 Å². The van der Waals surface area contributed by atoms with Gasteiger partial charge in [0, 0.05) is 4.47 Å². The van der Waals surface area contributed by atoms with Crippen molar-refractivity contribution in [2.45, 2.75) is 13.0 Å². The molecule has 1 aromatic rings. The van der Waals surface area contributed by atoms with Crippen molar-refractivity contribution in [3.8, 4) is 12.3 Å². The lowest BCUT2D eigenvalue weighted by Crippen LogP contribution is -2.31. The number of terminal acetylenes is 1. The van der Waals surface area contributed by atoms with Crippen LogP contribution in [0.1, 0.15) is 17.3 Å². The molecule has 4 heteroatoms. The van der Waals surface area contributed by atoms with Crippen LogP contribution in [0.3, 0.4) is 0 Å². The summed E-state index contributed by atoms with van der Waals surface area (Å²) < 4.78 is 13.9. The molecule has 15 heavy (non-hydrogen) atoms. The summed E-state index contributed by atoms with van der Waals surface area (Å²) in [5.74, 6) is 1.25. The summed E-state index contributed by atoms with van der Waals surface area (Å²) in [4.78, 5) is 11.5. The van der Waals surface area contributed by atoms with Gasteiger partial charge in [0.15, 0.2) is 0 Å². The van der Waals surface area contributed by atoms with Crippen LogP contribution in [-0.2, 0) is 0 Å². The molecule has 2 nitrogen and oxygen atoms in total. The zero-order valence-electron chi connectivity index (χ0n) is 8.05. The summed E-state index contributed by atoms with van der Waals surface area (Å²) in [7, 11) is 0. The minimum absolute atomic E-state index is 0.0218. The number of rotatable bonds is 2. The van der Waals surface area contributed by atoms with Crippen molar-refractivity contribution in [1.82, 2.24) is 5.32 Å². The van der Waals surface area contributed by atoms with Gasteiger partial charge in [-0.2, -0.15) is 0 Å². The summed E-state index contributed by atoms with van der Waals surface area (Å²) in [5, 5.41) is 2.48. The average Bonchev–Trinajstić information content (AvgIpc) is 2.21. The number of carbonyl (C=O) groups is 1. The molecule has 1 rings (SSSR count). The topological polar surface area (TPSA) is 29.1 Å². The third-order valence-electron chi connectivity index (χ3n) is 1.77. The van der Waals surface area contributed by atoms with Crippen molar-refractivity contribution in [2.75, 3.05) is 0 Å². The van der Waals surface area contributed by atoms with Crippen LogP contribution in [-0.4, -0.2) is 11.9 Å². The fraction of sp³-hybridized carbons (Fsp3) is 0.182. The highest BCUT2D eigenvalue weighted by Gasteiger charge is 2.13. The summed E-state index contributed by atoms with van der Waals surface area (Å²) in [5.41, 5.74) is -0.0218. The lowest BCUT2D eigenvalue weighted by Gasteiger charge is -2.08. The number of benzene rings is 1.